The molecule has 7 nitrogen and oxygen atoms in total. The second-order valence-electron chi connectivity index (χ2n) is 5.04. The van der Waals surface area contributed by atoms with Gasteiger partial charge in [-0.25, -0.2) is 4.98 Å². The maximum absolute atomic E-state index is 5.69. The van der Waals surface area contributed by atoms with E-state index in [0.717, 1.165) is 24.4 Å². The fourth-order valence-electron chi connectivity index (χ4n) is 2.59. The molecular weight excluding hydrogens is 242 g/mol. The number of aromatic nitrogens is 4. The monoisotopic (exact) mass is 261 g/mol. The lowest BCUT2D eigenvalue weighted by molar-refractivity contribution is 0.194. The van der Waals surface area contributed by atoms with E-state index < -0.39 is 0 Å². The highest BCUT2D eigenvalue weighted by Gasteiger charge is 2.19. The molecule has 3 rings (SSSR count). The smallest absolute Gasteiger partial charge is 0.224 e. The first kappa shape index (κ1) is 12.2. The lowest BCUT2D eigenvalue weighted by Crippen LogP contribution is -2.40. The first-order chi connectivity index (χ1) is 9.24. The lowest BCUT2D eigenvalue weighted by Gasteiger charge is -2.32. The van der Waals surface area contributed by atoms with Crippen molar-refractivity contribution in [3.8, 4) is 0 Å². The van der Waals surface area contributed by atoms with Crippen molar-refractivity contribution in [1.82, 2.24) is 24.8 Å². The Balaban J connectivity index is 1.75. The van der Waals surface area contributed by atoms with E-state index >= 15 is 0 Å². The van der Waals surface area contributed by atoms with Crippen molar-refractivity contribution >= 4 is 22.9 Å². The Bertz CT molecular complexity index is 564. The normalized spacial score (nSPS) is 20.8. The van der Waals surface area contributed by atoms with Crippen molar-refractivity contribution in [2.45, 2.75) is 25.3 Å². The minimum atomic E-state index is 0.249. The van der Waals surface area contributed by atoms with Crippen LogP contribution in [0.25, 0.3) is 11.2 Å². The number of nitrogens with one attached hydrogen (secondary N) is 2. The Kier molecular flexibility index (Phi) is 3.20. The molecule has 2 aromatic heterocycles. The van der Waals surface area contributed by atoms with E-state index in [1.54, 1.807) is 6.33 Å². The van der Waals surface area contributed by atoms with Crippen LogP contribution in [0.5, 0.6) is 0 Å². The van der Waals surface area contributed by atoms with E-state index in [1.807, 2.05) is 0 Å². The van der Waals surface area contributed by atoms with Gasteiger partial charge in [-0.05, 0) is 26.4 Å². The van der Waals surface area contributed by atoms with Crippen molar-refractivity contribution < 1.29 is 0 Å². The summed E-state index contributed by atoms with van der Waals surface area (Å²) in [6, 6.07) is 0.544. The van der Waals surface area contributed by atoms with Crippen LogP contribution in [0.2, 0.25) is 0 Å². The Morgan fingerprint density at radius 3 is 3.21 bits per heavy atom. The third kappa shape index (κ3) is 2.46. The number of likely N-dealkylation sites (N-methyl/N-ethyl adjacent to an activating group) is 1. The van der Waals surface area contributed by atoms with E-state index in [-0.39, 0.29) is 5.95 Å². The number of nitrogens with two attached hydrogens (primary N) is 1. The first-order valence-electron chi connectivity index (χ1n) is 6.65. The Labute approximate surface area is 111 Å². The maximum atomic E-state index is 5.69. The number of hydrogen-bond donors (Lipinski definition) is 3. The van der Waals surface area contributed by atoms with E-state index in [0.29, 0.717) is 11.7 Å². The molecule has 3 heterocycles. The largest absolute Gasteiger partial charge is 0.368 e. The molecule has 0 spiro atoms. The van der Waals surface area contributed by atoms with Crippen molar-refractivity contribution in [2.24, 2.45) is 0 Å². The standard InChI is InChI=1S/C12H19N7/c1-19-5-3-2-4-8(19)6-14-10-9-11(16-7-15-9)18-12(13)17-10/h7-8H,2-6H2,1H3,(H4,13,14,15,16,17,18). The molecule has 1 unspecified atom stereocenters. The summed E-state index contributed by atoms with van der Waals surface area (Å²) >= 11 is 0. The van der Waals surface area contributed by atoms with Crippen LogP contribution in [0.1, 0.15) is 19.3 Å². The number of rotatable bonds is 3. The molecule has 0 saturated carbocycles. The molecule has 19 heavy (non-hydrogen) atoms. The summed E-state index contributed by atoms with van der Waals surface area (Å²) in [4.78, 5) is 17.9. The van der Waals surface area contributed by atoms with E-state index in [2.05, 4.69) is 37.2 Å². The molecule has 1 aliphatic heterocycles. The maximum Gasteiger partial charge on any atom is 0.224 e. The number of nitrogens with zero attached hydrogens (tertiary/aromatic N) is 4. The Morgan fingerprint density at radius 1 is 1.47 bits per heavy atom. The van der Waals surface area contributed by atoms with Gasteiger partial charge in [0.15, 0.2) is 11.5 Å². The van der Waals surface area contributed by atoms with Crippen LogP contribution in [-0.4, -0.2) is 51.0 Å². The summed E-state index contributed by atoms with van der Waals surface area (Å²) in [7, 11) is 2.17. The molecule has 1 fully saturated rings. The van der Waals surface area contributed by atoms with Gasteiger partial charge in [0.1, 0.15) is 5.52 Å². The molecule has 1 atom stereocenters. The average Bonchev–Trinajstić information content (AvgIpc) is 2.85. The second-order valence-corrected chi connectivity index (χ2v) is 5.04. The van der Waals surface area contributed by atoms with E-state index in [1.165, 1.54) is 19.3 Å². The number of likely N-dealkylation sites (tertiary alicyclic amines) is 1. The van der Waals surface area contributed by atoms with Crippen LogP contribution in [0, 0.1) is 0 Å². The summed E-state index contributed by atoms with van der Waals surface area (Å²) in [6.07, 6.45) is 5.41. The fourth-order valence-corrected chi connectivity index (χ4v) is 2.59. The Morgan fingerprint density at radius 2 is 2.37 bits per heavy atom. The highest BCUT2D eigenvalue weighted by Crippen LogP contribution is 2.19. The molecule has 7 heteroatoms. The molecule has 0 bridgehead atoms. The zero-order valence-electron chi connectivity index (χ0n) is 11.1. The minimum absolute atomic E-state index is 0.249. The molecular formula is C12H19N7. The van der Waals surface area contributed by atoms with Crippen molar-refractivity contribution in [3.05, 3.63) is 6.33 Å². The van der Waals surface area contributed by atoms with Crippen molar-refractivity contribution in [2.75, 3.05) is 31.2 Å². The number of nitrogen functional groups attached to an aromatic ring is 1. The van der Waals surface area contributed by atoms with Crippen LogP contribution in [0.15, 0.2) is 6.33 Å². The fraction of sp³-hybridized carbons (Fsp3) is 0.583. The van der Waals surface area contributed by atoms with Crippen LogP contribution >= 0.6 is 0 Å². The zero-order valence-corrected chi connectivity index (χ0v) is 11.1. The van der Waals surface area contributed by atoms with Gasteiger partial charge in [-0.15, -0.1) is 0 Å². The van der Waals surface area contributed by atoms with Crippen LogP contribution < -0.4 is 11.1 Å². The number of hydrogen-bond acceptors (Lipinski definition) is 6. The van der Waals surface area contributed by atoms with Gasteiger partial charge >= 0.3 is 0 Å². The summed E-state index contributed by atoms with van der Waals surface area (Å²) in [6.45, 7) is 2.03. The first-order valence-corrected chi connectivity index (χ1v) is 6.65. The number of anilines is 2. The van der Waals surface area contributed by atoms with E-state index in [9.17, 15) is 0 Å². The number of aromatic amines is 1. The highest BCUT2D eigenvalue weighted by molar-refractivity contribution is 5.83. The van der Waals surface area contributed by atoms with Gasteiger partial charge in [0.25, 0.3) is 0 Å². The molecule has 0 aromatic carbocycles. The molecule has 0 radical (unpaired) electrons. The Hall–Kier alpha value is -1.89. The summed E-state index contributed by atoms with van der Waals surface area (Å²) in [5.74, 6) is 0.984. The van der Waals surface area contributed by atoms with Crippen molar-refractivity contribution in [3.63, 3.8) is 0 Å². The van der Waals surface area contributed by atoms with Gasteiger partial charge in [0.05, 0.1) is 6.33 Å². The lowest BCUT2D eigenvalue weighted by atomic mass is 10.0. The van der Waals surface area contributed by atoms with Crippen LogP contribution in [-0.2, 0) is 0 Å². The SMILES string of the molecule is CN1CCCCC1CNc1nc(N)nc2nc[nH]c12. The molecule has 1 saturated heterocycles. The molecule has 2 aromatic rings. The van der Waals surface area contributed by atoms with Gasteiger partial charge in [0.2, 0.25) is 5.95 Å². The van der Waals surface area contributed by atoms with Gasteiger partial charge in [-0.3, -0.25) is 0 Å². The van der Waals surface area contributed by atoms with Crippen molar-refractivity contribution in [1.29, 1.82) is 0 Å². The average molecular weight is 261 g/mol. The van der Waals surface area contributed by atoms with Gasteiger partial charge in [-0.2, -0.15) is 9.97 Å². The predicted octanol–water partition coefficient (Wildman–Crippen LogP) is 0.831. The van der Waals surface area contributed by atoms with Crippen LogP contribution in [0.4, 0.5) is 11.8 Å². The summed E-state index contributed by atoms with van der Waals surface area (Å²) in [5, 5.41) is 3.37. The highest BCUT2D eigenvalue weighted by atomic mass is 15.2. The third-order valence-corrected chi connectivity index (χ3v) is 3.73. The third-order valence-electron chi connectivity index (χ3n) is 3.73. The molecule has 4 N–H and O–H groups in total. The number of piperidine rings is 1. The zero-order chi connectivity index (χ0) is 13.2. The predicted molar refractivity (Wildman–Crippen MR) is 74.9 cm³/mol. The van der Waals surface area contributed by atoms with Gasteiger partial charge in [-0.1, -0.05) is 6.42 Å². The molecule has 0 amide bonds. The topological polar surface area (TPSA) is 95.8 Å². The number of fused-ring (bicyclic) bond motifs is 1. The number of imidazole rings is 1. The minimum Gasteiger partial charge on any atom is -0.368 e. The molecule has 102 valence electrons. The van der Waals surface area contributed by atoms with Gasteiger partial charge < -0.3 is 20.9 Å². The van der Waals surface area contributed by atoms with E-state index in [4.69, 9.17) is 5.73 Å². The van der Waals surface area contributed by atoms with Gasteiger partial charge in [0, 0.05) is 12.6 Å². The second kappa shape index (κ2) is 5.00. The van der Waals surface area contributed by atoms with Crippen LogP contribution in [0.3, 0.4) is 0 Å². The number of H-pyrrole nitrogens is 1. The molecule has 1 aliphatic rings. The summed E-state index contributed by atoms with van der Waals surface area (Å²) < 4.78 is 0. The quantitative estimate of drug-likeness (QED) is 0.757. The summed E-state index contributed by atoms with van der Waals surface area (Å²) in [5.41, 5.74) is 7.11. The molecule has 0 aliphatic carbocycles.